The second kappa shape index (κ2) is 7.24. The predicted octanol–water partition coefficient (Wildman–Crippen LogP) is 0.189. The van der Waals surface area contributed by atoms with Gasteiger partial charge in [0.25, 0.3) is 11.8 Å². The summed E-state index contributed by atoms with van der Waals surface area (Å²) in [6.45, 7) is 0. The molecular weight excluding hydrogens is 406 g/mol. The number of nitrogens with two attached hydrogens (primary N) is 1. The monoisotopic (exact) mass is 423 g/mol. The van der Waals surface area contributed by atoms with Gasteiger partial charge in [-0.15, -0.1) is 0 Å². The standard InChI is InChI=1S/C21H17N3O7/c22-18(28)10-4-6-14(25)17(27)12(10)8-9-2-1-3-11-16(9)21(31)24(20(11)30)13-5-7-15(26)23-19(13)29/h1-4,6,13,25,27H,5,7-8H2,(H2,22,28)(H,23,26,29). The molecule has 0 aromatic heterocycles. The highest BCUT2D eigenvalue weighted by Gasteiger charge is 2.45. The number of primary amides is 1. The molecule has 4 rings (SSSR count). The average Bonchev–Trinajstić information content (AvgIpc) is 2.97. The molecule has 0 spiro atoms. The molecule has 1 fully saturated rings. The van der Waals surface area contributed by atoms with Crippen LogP contribution in [0.1, 0.15) is 55.0 Å². The second-order valence-electron chi connectivity index (χ2n) is 7.29. The van der Waals surface area contributed by atoms with Gasteiger partial charge in [0.05, 0.1) is 11.1 Å². The van der Waals surface area contributed by atoms with Gasteiger partial charge >= 0.3 is 0 Å². The van der Waals surface area contributed by atoms with E-state index in [2.05, 4.69) is 5.32 Å². The Labute approximate surface area is 175 Å². The van der Waals surface area contributed by atoms with Gasteiger partial charge in [-0.1, -0.05) is 12.1 Å². The third kappa shape index (κ3) is 3.18. The van der Waals surface area contributed by atoms with Gasteiger partial charge in [0.1, 0.15) is 6.04 Å². The molecule has 1 saturated heterocycles. The Morgan fingerprint density at radius 1 is 1.10 bits per heavy atom. The van der Waals surface area contributed by atoms with E-state index in [1.807, 2.05) is 0 Å². The molecule has 31 heavy (non-hydrogen) atoms. The largest absolute Gasteiger partial charge is 0.504 e. The summed E-state index contributed by atoms with van der Waals surface area (Å²) in [6.07, 6.45) is -0.162. The van der Waals surface area contributed by atoms with Gasteiger partial charge in [0.2, 0.25) is 17.7 Å². The molecule has 1 unspecified atom stereocenters. The fourth-order valence-corrected chi connectivity index (χ4v) is 3.96. The molecule has 2 aliphatic heterocycles. The summed E-state index contributed by atoms with van der Waals surface area (Å²) < 4.78 is 0. The Kier molecular flexibility index (Phi) is 4.69. The summed E-state index contributed by atoms with van der Waals surface area (Å²) in [5.74, 6) is -4.47. The van der Waals surface area contributed by atoms with Gasteiger partial charge in [-0.25, -0.2) is 0 Å². The number of phenols is 2. The fraction of sp³-hybridized carbons (Fsp3) is 0.190. The van der Waals surface area contributed by atoms with Crippen molar-refractivity contribution in [1.82, 2.24) is 10.2 Å². The average molecular weight is 423 g/mol. The van der Waals surface area contributed by atoms with Crippen LogP contribution in [-0.2, 0) is 16.0 Å². The van der Waals surface area contributed by atoms with E-state index in [4.69, 9.17) is 5.73 Å². The van der Waals surface area contributed by atoms with Gasteiger partial charge in [0, 0.05) is 24.0 Å². The van der Waals surface area contributed by atoms with Gasteiger partial charge < -0.3 is 15.9 Å². The van der Waals surface area contributed by atoms with Crippen molar-refractivity contribution in [3.63, 3.8) is 0 Å². The summed E-state index contributed by atoms with van der Waals surface area (Å²) in [6, 6.07) is 5.74. The van der Waals surface area contributed by atoms with Crippen LogP contribution in [0.15, 0.2) is 30.3 Å². The quantitative estimate of drug-likeness (QED) is 0.402. The first kappa shape index (κ1) is 20.1. The molecule has 2 aromatic rings. The lowest BCUT2D eigenvalue weighted by atomic mass is 9.93. The van der Waals surface area contributed by atoms with Crippen LogP contribution >= 0.6 is 0 Å². The zero-order chi connectivity index (χ0) is 22.4. The van der Waals surface area contributed by atoms with E-state index in [0.717, 1.165) is 11.0 Å². The number of nitrogens with zero attached hydrogens (tertiary/aromatic N) is 1. The van der Waals surface area contributed by atoms with E-state index in [1.54, 1.807) is 0 Å². The third-order valence-electron chi connectivity index (χ3n) is 5.45. The van der Waals surface area contributed by atoms with Crippen molar-refractivity contribution in [3.05, 3.63) is 58.1 Å². The minimum Gasteiger partial charge on any atom is -0.504 e. The predicted molar refractivity (Wildman–Crippen MR) is 104 cm³/mol. The molecule has 10 nitrogen and oxygen atoms in total. The van der Waals surface area contributed by atoms with Gasteiger partial charge in [-0.05, 0) is 30.2 Å². The zero-order valence-electron chi connectivity index (χ0n) is 16.0. The lowest BCUT2D eigenvalue weighted by Gasteiger charge is -2.27. The number of phenolic OH excluding ortho intramolecular Hbond substituents is 2. The first-order chi connectivity index (χ1) is 14.7. The first-order valence-corrected chi connectivity index (χ1v) is 9.37. The number of amides is 5. The second-order valence-corrected chi connectivity index (χ2v) is 7.29. The first-order valence-electron chi connectivity index (χ1n) is 9.37. The number of hydrogen-bond donors (Lipinski definition) is 4. The molecule has 0 bridgehead atoms. The van der Waals surface area contributed by atoms with Crippen LogP contribution in [0.4, 0.5) is 0 Å². The molecular formula is C21H17N3O7. The Balaban J connectivity index is 1.76. The maximum absolute atomic E-state index is 13.2. The lowest BCUT2D eigenvalue weighted by molar-refractivity contribution is -0.136. The van der Waals surface area contributed by atoms with Crippen molar-refractivity contribution in [1.29, 1.82) is 0 Å². The molecule has 0 aliphatic carbocycles. The summed E-state index contributed by atoms with van der Waals surface area (Å²) in [5, 5.41) is 22.2. The summed E-state index contributed by atoms with van der Waals surface area (Å²) >= 11 is 0. The molecule has 10 heteroatoms. The van der Waals surface area contributed by atoms with Crippen LogP contribution in [0.25, 0.3) is 0 Å². The number of carbonyl (C=O) groups is 5. The van der Waals surface area contributed by atoms with E-state index < -0.39 is 47.1 Å². The minimum absolute atomic E-state index is 0.000560. The minimum atomic E-state index is -1.12. The molecule has 0 saturated carbocycles. The highest BCUT2D eigenvalue weighted by Crippen LogP contribution is 2.36. The summed E-state index contributed by atoms with van der Waals surface area (Å²) in [4.78, 5) is 62.3. The Morgan fingerprint density at radius 2 is 1.84 bits per heavy atom. The van der Waals surface area contributed by atoms with Crippen LogP contribution in [0, 0.1) is 0 Å². The number of piperidine rings is 1. The van der Waals surface area contributed by atoms with Crippen molar-refractivity contribution >= 4 is 29.5 Å². The highest BCUT2D eigenvalue weighted by atomic mass is 16.3. The SMILES string of the molecule is NC(=O)c1ccc(O)c(O)c1Cc1cccc2c1C(=O)N(C1CCC(=O)NC1=O)C2=O. The molecule has 5 N–H and O–H groups in total. The number of fused-ring (bicyclic) bond motifs is 1. The normalized spacial score (nSPS) is 18.2. The Morgan fingerprint density at radius 3 is 2.52 bits per heavy atom. The summed E-state index contributed by atoms with van der Waals surface area (Å²) in [7, 11) is 0. The van der Waals surface area contributed by atoms with Crippen LogP contribution in [0.3, 0.4) is 0 Å². The van der Waals surface area contributed by atoms with Crippen LogP contribution in [-0.4, -0.2) is 50.7 Å². The number of nitrogens with one attached hydrogen (secondary N) is 1. The third-order valence-corrected chi connectivity index (χ3v) is 5.45. The van der Waals surface area contributed by atoms with Crippen molar-refractivity contribution in [2.45, 2.75) is 25.3 Å². The Bertz CT molecular complexity index is 1190. The number of rotatable bonds is 4. The number of hydrogen-bond acceptors (Lipinski definition) is 7. The molecule has 1 atom stereocenters. The van der Waals surface area contributed by atoms with Crippen molar-refractivity contribution in [2.24, 2.45) is 5.73 Å². The number of benzene rings is 2. The fourth-order valence-electron chi connectivity index (χ4n) is 3.96. The molecule has 158 valence electrons. The molecule has 0 radical (unpaired) electrons. The number of aromatic hydroxyl groups is 2. The molecule has 2 heterocycles. The van der Waals surface area contributed by atoms with E-state index in [-0.39, 0.29) is 41.5 Å². The molecule has 5 amide bonds. The molecule has 2 aliphatic rings. The highest BCUT2D eigenvalue weighted by molar-refractivity contribution is 6.24. The van der Waals surface area contributed by atoms with Crippen molar-refractivity contribution < 1.29 is 34.2 Å². The van der Waals surface area contributed by atoms with Gasteiger partial charge in [-0.2, -0.15) is 0 Å². The van der Waals surface area contributed by atoms with Gasteiger partial charge in [0.15, 0.2) is 11.5 Å². The Hall–Kier alpha value is -4.21. The summed E-state index contributed by atoms with van der Waals surface area (Å²) in [5.41, 5.74) is 5.70. The van der Waals surface area contributed by atoms with E-state index >= 15 is 0 Å². The van der Waals surface area contributed by atoms with Crippen LogP contribution in [0.2, 0.25) is 0 Å². The van der Waals surface area contributed by atoms with Crippen molar-refractivity contribution in [3.8, 4) is 11.5 Å². The zero-order valence-corrected chi connectivity index (χ0v) is 16.0. The molecule has 2 aromatic carbocycles. The van der Waals surface area contributed by atoms with Gasteiger partial charge in [-0.3, -0.25) is 34.2 Å². The van der Waals surface area contributed by atoms with Crippen LogP contribution < -0.4 is 11.1 Å². The van der Waals surface area contributed by atoms with E-state index in [9.17, 15) is 34.2 Å². The number of imide groups is 2. The smallest absolute Gasteiger partial charge is 0.262 e. The topological polar surface area (TPSA) is 167 Å². The van der Waals surface area contributed by atoms with Crippen molar-refractivity contribution in [2.75, 3.05) is 0 Å². The number of carbonyl (C=O) groups excluding carboxylic acids is 5. The van der Waals surface area contributed by atoms with E-state index in [0.29, 0.717) is 5.56 Å². The maximum Gasteiger partial charge on any atom is 0.262 e. The lowest BCUT2D eigenvalue weighted by Crippen LogP contribution is -2.54. The van der Waals surface area contributed by atoms with Crippen LogP contribution in [0.5, 0.6) is 11.5 Å². The maximum atomic E-state index is 13.2. The van der Waals surface area contributed by atoms with E-state index in [1.165, 1.54) is 24.3 Å².